The molecule has 180 valence electrons. The Balaban J connectivity index is 1.69. The standard InChI is InChI=1S/C28H27N7O/c1-14(2)9-15-5-6-16-19(10-15)31-26-22(16)17-12-35(3)13-18(17)23-24(26)20(32-28-29-7-4-8-30-28)11-21-25(23)27(36)34-33-21/h4,7-8,10-15,31,33H,5-6,9H2,1-3H3,(H,34,36)/t15-/m0/s1. The molecule has 36 heavy (non-hydrogen) atoms. The molecule has 0 saturated heterocycles. The van der Waals surface area contributed by atoms with Gasteiger partial charge in [-0.15, -0.1) is 0 Å². The van der Waals surface area contributed by atoms with Crippen molar-refractivity contribution in [1.82, 2.24) is 29.7 Å². The Morgan fingerprint density at radius 3 is 2.72 bits per heavy atom. The molecule has 2 aliphatic rings. The number of hydrogen-bond acceptors (Lipinski definition) is 4. The highest BCUT2D eigenvalue weighted by atomic mass is 16.1. The molecule has 0 unspecified atom stereocenters. The van der Waals surface area contributed by atoms with Crippen molar-refractivity contribution in [3.63, 3.8) is 0 Å². The van der Waals surface area contributed by atoms with Crippen molar-refractivity contribution in [2.24, 2.45) is 23.9 Å². The maximum Gasteiger partial charge on any atom is 0.272 e. The molecule has 0 fully saturated rings. The molecule has 0 aliphatic heterocycles. The number of aromatic amines is 3. The van der Waals surface area contributed by atoms with Gasteiger partial charge in [-0.05, 0) is 48.8 Å². The Kier molecular flexibility index (Phi) is 4.49. The van der Waals surface area contributed by atoms with Crippen molar-refractivity contribution < 1.29 is 0 Å². The minimum atomic E-state index is -0.137. The van der Waals surface area contributed by atoms with E-state index < -0.39 is 0 Å². The van der Waals surface area contributed by atoms with Crippen LogP contribution in [-0.2, 0) is 13.5 Å². The monoisotopic (exact) mass is 477 g/mol. The first-order valence-corrected chi connectivity index (χ1v) is 12.5. The van der Waals surface area contributed by atoms with Gasteiger partial charge in [-0.25, -0.2) is 15.0 Å². The zero-order valence-corrected chi connectivity index (χ0v) is 20.5. The summed E-state index contributed by atoms with van der Waals surface area (Å²) in [5, 5.41) is 12.7. The van der Waals surface area contributed by atoms with Crippen LogP contribution in [0.15, 0.2) is 40.6 Å². The second-order valence-corrected chi connectivity index (χ2v) is 10.4. The molecule has 8 nitrogen and oxygen atoms in total. The van der Waals surface area contributed by atoms with Crippen molar-refractivity contribution in [3.8, 4) is 0 Å². The van der Waals surface area contributed by atoms with Gasteiger partial charge in [0.15, 0.2) is 0 Å². The molecular weight excluding hydrogens is 450 g/mol. The van der Waals surface area contributed by atoms with Crippen LogP contribution in [0.1, 0.15) is 37.8 Å². The second kappa shape index (κ2) is 7.65. The molecule has 3 N–H and O–H groups in total. The van der Waals surface area contributed by atoms with Gasteiger partial charge in [-0.1, -0.05) is 19.9 Å². The number of aryl methyl sites for hydroxylation is 2. The number of fused-ring (bicyclic) bond motifs is 9. The molecule has 0 bridgehead atoms. The summed E-state index contributed by atoms with van der Waals surface area (Å²) in [6, 6.07) is 1.78. The average molecular weight is 478 g/mol. The van der Waals surface area contributed by atoms with E-state index in [0.717, 1.165) is 45.6 Å². The van der Waals surface area contributed by atoms with Crippen LogP contribution in [-0.4, -0.2) is 35.4 Å². The highest BCUT2D eigenvalue weighted by Crippen LogP contribution is 2.35. The van der Waals surface area contributed by atoms with Crippen LogP contribution >= 0.6 is 0 Å². The van der Waals surface area contributed by atoms with Gasteiger partial charge >= 0.3 is 0 Å². The number of rotatable bonds is 3. The first kappa shape index (κ1) is 21.1. The minimum absolute atomic E-state index is 0.137. The van der Waals surface area contributed by atoms with Gasteiger partial charge in [-0.3, -0.25) is 15.0 Å². The Morgan fingerprint density at radius 1 is 1.11 bits per heavy atom. The van der Waals surface area contributed by atoms with Gasteiger partial charge in [0.1, 0.15) is 0 Å². The summed E-state index contributed by atoms with van der Waals surface area (Å²) in [5.74, 6) is 1.60. The van der Waals surface area contributed by atoms with Gasteiger partial charge in [0.25, 0.3) is 5.56 Å². The molecule has 0 radical (unpaired) electrons. The molecule has 4 aromatic heterocycles. The van der Waals surface area contributed by atoms with Gasteiger partial charge in [0.2, 0.25) is 5.95 Å². The van der Waals surface area contributed by atoms with Crippen LogP contribution in [0.25, 0.3) is 33.8 Å². The summed E-state index contributed by atoms with van der Waals surface area (Å²) in [6.07, 6.45) is 15.3. The zero-order valence-electron chi connectivity index (χ0n) is 20.5. The van der Waals surface area contributed by atoms with E-state index in [-0.39, 0.29) is 5.56 Å². The maximum absolute atomic E-state index is 13.0. The molecule has 8 heteroatoms. The summed E-state index contributed by atoms with van der Waals surface area (Å²) in [4.78, 5) is 30.3. The van der Waals surface area contributed by atoms with Crippen molar-refractivity contribution in [3.05, 3.63) is 73.5 Å². The molecule has 5 aromatic rings. The first-order valence-electron chi connectivity index (χ1n) is 12.5. The van der Waals surface area contributed by atoms with E-state index in [1.54, 1.807) is 18.5 Å². The largest absolute Gasteiger partial charge is 0.356 e. The lowest BCUT2D eigenvalue weighted by Gasteiger charge is -2.18. The molecule has 7 rings (SSSR count). The number of benzene rings is 1. The maximum atomic E-state index is 13.0. The summed E-state index contributed by atoms with van der Waals surface area (Å²) >= 11 is 0. The Hall–Kier alpha value is -4.20. The molecule has 1 atom stereocenters. The van der Waals surface area contributed by atoms with Crippen LogP contribution < -0.4 is 16.3 Å². The summed E-state index contributed by atoms with van der Waals surface area (Å²) in [5.41, 5.74) is 3.89. The van der Waals surface area contributed by atoms with Crippen LogP contribution in [0.2, 0.25) is 0 Å². The number of aromatic nitrogens is 6. The van der Waals surface area contributed by atoms with Gasteiger partial charge in [-0.2, -0.15) is 0 Å². The molecule has 0 spiro atoms. The SMILES string of the molecule is CC(C)C[C@H]1C=c2[nH]c3c4c(c5cn(C)cc5c3c2CC1)=c1c(=O)[nH][nH]c1=CC4=Nc1ncccn1. The summed E-state index contributed by atoms with van der Waals surface area (Å²) in [7, 11) is 2.03. The number of H-pyrrole nitrogens is 3. The van der Waals surface area contributed by atoms with Crippen molar-refractivity contribution in [2.75, 3.05) is 0 Å². The number of nitrogens with zero attached hydrogens (tertiary/aromatic N) is 4. The van der Waals surface area contributed by atoms with Crippen molar-refractivity contribution >= 4 is 45.5 Å². The lowest BCUT2D eigenvalue weighted by atomic mass is 9.86. The smallest absolute Gasteiger partial charge is 0.272 e. The molecular formula is C28H27N7O. The molecule has 1 aromatic carbocycles. The van der Waals surface area contributed by atoms with E-state index in [9.17, 15) is 4.79 Å². The first-order chi connectivity index (χ1) is 17.5. The fourth-order valence-electron chi connectivity index (χ4n) is 6.12. The molecule has 0 amide bonds. The predicted molar refractivity (Wildman–Crippen MR) is 142 cm³/mol. The molecule has 2 aliphatic carbocycles. The number of hydrogen-bond donors (Lipinski definition) is 3. The van der Waals surface area contributed by atoms with E-state index in [1.807, 2.05) is 13.1 Å². The van der Waals surface area contributed by atoms with E-state index in [1.165, 1.54) is 22.7 Å². The fourth-order valence-corrected chi connectivity index (χ4v) is 6.12. The van der Waals surface area contributed by atoms with E-state index in [2.05, 4.69) is 62.0 Å². The second-order valence-electron chi connectivity index (χ2n) is 10.4. The summed E-state index contributed by atoms with van der Waals surface area (Å²) in [6.45, 7) is 4.57. The molecule has 4 heterocycles. The fraction of sp³-hybridized carbons (Fsp3) is 0.286. The van der Waals surface area contributed by atoms with E-state index >= 15 is 0 Å². The van der Waals surface area contributed by atoms with Crippen molar-refractivity contribution in [1.29, 1.82) is 0 Å². The third-order valence-corrected chi connectivity index (χ3v) is 7.44. The van der Waals surface area contributed by atoms with E-state index in [0.29, 0.717) is 28.4 Å². The van der Waals surface area contributed by atoms with Crippen LogP contribution in [0.3, 0.4) is 0 Å². The van der Waals surface area contributed by atoms with Gasteiger partial charge in [0, 0.05) is 64.1 Å². The zero-order chi connectivity index (χ0) is 24.6. The average Bonchev–Trinajstić information content (AvgIpc) is 3.53. The molecule has 0 saturated carbocycles. The highest BCUT2D eigenvalue weighted by molar-refractivity contribution is 6.29. The normalized spacial score (nSPS) is 17.8. The van der Waals surface area contributed by atoms with Crippen LogP contribution in [0, 0.1) is 22.3 Å². The lowest BCUT2D eigenvalue weighted by Crippen LogP contribution is -2.19. The number of aliphatic imine (C=N–C) groups is 1. The quantitative estimate of drug-likeness (QED) is 0.372. The highest BCUT2D eigenvalue weighted by Gasteiger charge is 2.25. The predicted octanol–water partition coefficient (Wildman–Crippen LogP) is 3.06. The Bertz CT molecular complexity index is 1980. The number of nitrogens with one attached hydrogen (secondary N) is 3. The third-order valence-electron chi connectivity index (χ3n) is 7.44. The van der Waals surface area contributed by atoms with E-state index in [4.69, 9.17) is 4.99 Å². The van der Waals surface area contributed by atoms with Crippen LogP contribution in [0.5, 0.6) is 0 Å². The van der Waals surface area contributed by atoms with Crippen molar-refractivity contribution in [2.45, 2.75) is 33.1 Å². The topological polar surface area (TPSA) is 108 Å². The lowest BCUT2D eigenvalue weighted by molar-refractivity contribution is 0.463. The Labute approximate surface area is 205 Å². The van der Waals surface area contributed by atoms with Gasteiger partial charge < -0.3 is 9.55 Å². The minimum Gasteiger partial charge on any atom is -0.356 e. The Morgan fingerprint density at radius 2 is 1.92 bits per heavy atom. The third kappa shape index (κ3) is 3.07. The van der Waals surface area contributed by atoms with Crippen LogP contribution in [0.4, 0.5) is 5.95 Å². The van der Waals surface area contributed by atoms with Gasteiger partial charge in [0.05, 0.1) is 21.8 Å². The summed E-state index contributed by atoms with van der Waals surface area (Å²) < 4.78 is 2.08.